The fourth-order valence-electron chi connectivity index (χ4n) is 4.75. The normalized spacial score (nSPS) is 18.8. The van der Waals surface area contributed by atoms with Gasteiger partial charge in [0.1, 0.15) is 11.4 Å². The Kier molecular flexibility index (Phi) is 8.13. The van der Waals surface area contributed by atoms with Crippen LogP contribution in [-0.2, 0) is 4.74 Å². The van der Waals surface area contributed by atoms with Gasteiger partial charge in [0.25, 0.3) is 5.60 Å². The van der Waals surface area contributed by atoms with E-state index in [0.29, 0.717) is 42.9 Å². The second kappa shape index (κ2) is 10.9. The highest BCUT2D eigenvalue weighted by Gasteiger charge is 2.74. The van der Waals surface area contributed by atoms with Gasteiger partial charge in [0.15, 0.2) is 5.82 Å². The molecule has 0 aliphatic carbocycles. The van der Waals surface area contributed by atoms with E-state index < -0.39 is 65.1 Å². The van der Waals surface area contributed by atoms with Crippen LogP contribution < -0.4 is 9.91 Å². The van der Waals surface area contributed by atoms with Crippen molar-refractivity contribution in [3.8, 4) is 0 Å². The molecule has 1 amide bonds. The van der Waals surface area contributed by atoms with Crippen LogP contribution in [0.5, 0.6) is 0 Å². The van der Waals surface area contributed by atoms with E-state index in [9.17, 15) is 45.0 Å². The number of rotatable bonds is 4. The number of benzene rings is 2. The smallest absolute Gasteiger partial charge is 0.431 e. The number of amides is 1. The predicted octanol–water partition coefficient (Wildman–Crippen LogP) is 6.19. The fraction of sp³-hybridized carbons (Fsp3) is 0.481. The number of carbonyl (C=O) groups is 1. The highest BCUT2D eigenvalue weighted by molar-refractivity contribution is 5.97. The number of ether oxygens (including phenoxy) is 1. The van der Waals surface area contributed by atoms with Crippen molar-refractivity contribution in [3.63, 3.8) is 0 Å². The molecule has 1 atom stereocenters. The molecule has 4 rings (SSSR count). The molecule has 2 heterocycles. The second-order valence-electron chi connectivity index (χ2n) is 11.0. The van der Waals surface area contributed by atoms with E-state index in [1.165, 1.54) is 12.1 Å². The monoisotopic (exact) mass is 608 g/mol. The first-order chi connectivity index (χ1) is 19.3. The third-order valence-electron chi connectivity index (χ3n) is 6.88. The average Bonchev–Trinajstić information content (AvgIpc) is 3.31. The molecule has 2 aliphatic rings. The van der Waals surface area contributed by atoms with Crippen LogP contribution >= 0.6 is 0 Å². The van der Waals surface area contributed by atoms with Crippen molar-refractivity contribution in [3.05, 3.63) is 59.7 Å². The lowest BCUT2D eigenvalue weighted by Crippen LogP contribution is -2.62. The third-order valence-corrected chi connectivity index (χ3v) is 6.88. The van der Waals surface area contributed by atoms with Crippen molar-refractivity contribution in [2.45, 2.75) is 56.8 Å². The first kappa shape index (κ1) is 31.3. The van der Waals surface area contributed by atoms with Gasteiger partial charge in [0.05, 0.1) is 17.4 Å². The lowest BCUT2D eigenvalue weighted by Gasteiger charge is -2.37. The lowest BCUT2D eigenvalue weighted by molar-refractivity contribution is -0.338. The number of piperazine rings is 1. The van der Waals surface area contributed by atoms with Crippen LogP contribution in [0.1, 0.15) is 38.8 Å². The van der Waals surface area contributed by atoms with Crippen LogP contribution in [0.3, 0.4) is 0 Å². The summed E-state index contributed by atoms with van der Waals surface area (Å²) in [6.07, 6.45) is -13.9. The summed E-state index contributed by atoms with van der Waals surface area (Å²) in [7, 11) is 0. The predicted molar refractivity (Wildman–Crippen MR) is 137 cm³/mol. The molecule has 0 saturated carbocycles. The molecule has 2 aromatic rings. The Balaban J connectivity index is 1.60. The Morgan fingerprint density at radius 2 is 1.48 bits per heavy atom. The number of aliphatic hydroxyl groups is 1. The highest BCUT2D eigenvalue weighted by atomic mass is 19.4. The van der Waals surface area contributed by atoms with Gasteiger partial charge in [-0.15, -0.1) is 0 Å². The van der Waals surface area contributed by atoms with Crippen LogP contribution in [0.2, 0.25) is 0 Å². The number of carbonyl (C=O) groups excluding carboxylic acids is 1. The lowest BCUT2D eigenvalue weighted by atomic mass is 9.90. The van der Waals surface area contributed by atoms with Crippen molar-refractivity contribution in [2.75, 3.05) is 36.1 Å². The summed E-state index contributed by atoms with van der Waals surface area (Å²) < 4.78 is 115. The van der Waals surface area contributed by atoms with Crippen molar-refractivity contribution in [1.29, 1.82) is 0 Å². The Labute approximate surface area is 235 Å². The van der Waals surface area contributed by atoms with E-state index in [1.54, 1.807) is 37.8 Å². The molecule has 2 aliphatic heterocycles. The Bertz CT molecular complexity index is 1320. The van der Waals surface area contributed by atoms with Crippen LogP contribution in [-0.4, -0.2) is 71.5 Å². The van der Waals surface area contributed by atoms with Gasteiger partial charge in [-0.1, -0.05) is 12.1 Å². The standard InChI is InChI=1S/C27H28F8N4O3/c1-24(2,3)42-23(40)38-12-10-37(11-13-38)18-7-4-16(5-8-18)21-15-22(25(41,26(30,31)32)27(33,34)35)36-39(21)20-9-6-17(28)14-19(20)29/h4-9,14,21,41H,10-13,15H2,1-3H3. The molecule has 0 radical (unpaired) electrons. The summed E-state index contributed by atoms with van der Waals surface area (Å²) in [5.41, 5.74) is -7.39. The topological polar surface area (TPSA) is 68.6 Å². The Hall–Kier alpha value is -3.62. The molecule has 15 heteroatoms. The first-order valence-corrected chi connectivity index (χ1v) is 12.8. The zero-order chi connectivity index (χ0) is 31.3. The van der Waals surface area contributed by atoms with E-state index in [2.05, 4.69) is 5.10 Å². The SMILES string of the molecule is CC(C)(C)OC(=O)N1CCN(c2ccc(C3CC(C(O)(C(F)(F)F)C(F)(F)F)=NN3c3ccc(F)cc3F)cc2)CC1. The number of hydrazone groups is 1. The van der Waals surface area contributed by atoms with Gasteiger partial charge in [0.2, 0.25) is 0 Å². The third kappa shape index (κ3) is 6.10. The molecule has 0 spiro atoms. The highest BCUT2D eigenvalue weighted by Crippen LogP contribution is 2.49. The van der Waals surface area contributed by atoms with Gasteiger partial charge in [-0.2, -0.15) is 31.4 Å². The summed E-state index contributed by atoms with van der Waals surface area (Å²) in [6.45, 7) is 6.79. The average molecular weight is 609 g/mol. The largest absolute Gasteiger partial charge is 0.444 e. The second-order valence-corrected chi connectivity index (χ2v) is 11.0. The maximum atomic E-state index is 14.7. The molecular weight excluding hydrogens is 580 g/mol. The number of alkyl halides is 6. The van der Waals surface area contributed by atoms with Crippen molar-refractivity contribution < 1.29 is 49.8 Å². The Morgan fingerprint density at radius 3 is 1.98 bits per heavy atom. The van der Waals surface area contributed by atoms with E-state index >= 15 is 0 Å². The molecule has 1 N–H and O–H groups in total. The quantitative estimate of drug-likeness (QED) is 0.420. The molecule has 1 unspecified atom stereocenters. The van der Waals surface area contributed by atoms with Crippen LogP contribution in [0, 0.1) is 11.6 Å². The molecule has 0 bridgehead atoms. The summed E-state index contributed by atoms with van der Waals surface area (Å²) >= 11 is 0. The van der Waals surface area contributed by atoms with E-state index in [0.717, 1.165) is 12.1 Å². The fourth-order valence-corrected chi connectivity index (χ4v) is 4.75. The molecule has 0 aromatic heterocycles. The summed E-state index contributed by atoms with van der Waals surface area (Å²) in [5, 5.41) is 14.0. The summed E-state index contributed by atoms with van der Waals surface area (Å²) in [5.74, 6) is -2.29. The zero-order valence-electron chi connectivity index (χ0n) is 22.7. The van der Waals surface area contributed by atoms with Crippen LogP contribution in [0.25, 0.3) is 0 Å². The van der Waals surface area contributed by atoms with Gasteiger partial charge in [0, 0.05) is 44.4 Å². The number of hydrogen-bond acceptors (Lipinski definition) is 6. The maximum Gasteiger partial charge on any atom is 0.431 e. The minimum absolute atomic E-state index is 0.167. The number of anilines is 2. The zero-order valence-corrected chi connectivity index (χ0v) is 22.7. The van der Waals surface area contributed by atoms with Gasteiger partial charge in [-0.25, -0.2) is 13.6 Å². The molecule has 1 fully saturated rings. The minimum atomic E-state index is -6.18. The van der Waals surface area contributed by atoms with Crippen LogP contribution in [0.15, 0.2) is 47.6 Å². The maximum absolute atomic E-state index is 14.7. The minimum Gasteiger partial charge on any atom is -0.444 e. The van der Waals surface area contributed by atoms with Gasteiger partial charge >= 0.3 is 18.4 Å². The first-order valence-electron chi connectivity index (χ1n) is 12.8. The van der Waals surface area contributed by atoms with Crippen molar-refractivity contribution >= 4 is 23.2 Å². The van der Waals surface area contributed by atoms with E-state index in [1.807, 2.05) is 4.90 Å². The van der Waals surface area contributed by atoms with Gasteiger partial charge < -0.3 is 19.6 Å². The molecule has 7 nitrogen and oxygen atoms in total. The molecule has 42 heavy (non-hydrogen) atoms. The van der Waals surface area contributed by atoms with Crippen molar-refractivity contribution in [2.24, 2.45) is 5.10 Å². The Morgan fingerprint density at radius 1 is 0.905 bits per heavy atom. The van der Waals surface area contributed by atoms with E-state index in [-0.39, 0.29) is 5.56 Å². The molecular formula is C27H28F8N4O3. The molecule has 230 valence electrons. The summed E-state index contributed by atoms with van der Waals surface area (Å²) in [4.78, 5) is 15.8. The van der Waals surface area contributed by atoms with Gasteiger partial charge in [-0.05, 0) is 50.6 Å². The number of nitrogens with zero attached hydrogens (tertiary/aromatic N) is 4. The van der Waals surface area contributed by atoms with Crippen molar-refractivity contribution in [1.82, 2.24) is 4.90 Å². The van der Waals surface area contributed by atoms with Crippen LogP contribution in [0.4, 0.5) is 51.3 Å². The number of hydrogen-bond donors (Lipinski definition) is 1. The summed E-state index contributed by atoms with van der Waals surface area (Å²) in [6, 6.07) is 6.67. The van der Waals surface area contributed by atoms with E-state index in [4.69, 9.17) is 4.74 Å². The molecule has 1 saturated heterocycles. The molecule has 2 aromatic carbocycles. The number of halogens is 8. The van der Waals surface area contributed by atoms with Gasteiger partial charge in [-0.3, -0.25) is 5.01 Å².